The summed E-state index contributed by atoms with van der Waals surface area (Å²) in [7, 11) is 2.86. The van der Waals surface area contributed by atoms with Gasteiger partial charge in [-0.1, -0.05) is 54.7 Å². The van der Waals surface area contributed by atoms with E-state index in [0.29, 0.717) is 21.4 Å². The van der Waals surface area contributed by atoms with E-state index in [-0.39, 0.29) is 111 Å². The van der Waals surface area contributed by atoms with Crippen LogP contribution in [0.25, 0.3) is 0 Å². The molecule has 34 heavy (non-hydrogen) atoms. The van der Waals surface area contributed by atoms with Crippen molar-refractivity contribution >= 4 is 37.7 Å². The molecule has 0 saturated carbocycles. The fourth-order valence-corrected chi connectivity index (χ4v) is 2.68. The van der Waals surface area contributed by atoms with E-state index >= 15 is 0 Å². The summed E-state index contributed by atoms with van der Waals surface area (Å²) in [5, 5.41) is 16.7. The molecular weight excluding hydrogens is 549 g/mol. The summed E-state index contributed by atoms with van der Waals surface area (Å²) in [6.45, 7) is 6.44. The number of aliphatic hydroxyl groups excluding tert-OH is 1. The van der Waals surface area contributed by atoms with Gasteiger partial charge in [-0.15, -0.1) is 12.0 Å². The van der Waals surface area contributed by atoms with E-state index in [9.17, 15) is 0 Å². The molecule has 2 aromatic carbocycles. The molecule has 11 heteroatoms. The van der Waals surface area contributed by atoms with Crippen LogP contribution in [0.3, 0.4) is 0 Å². The fourth-order valence-electron chi connectivity index (χ4n) is 1.83. The first-order valence-electron chi connectivity index (χ1n) is 8.95. The van der Waals surface area contributed by atoms with Crippen LogP contribution in [-0.2, 0) is 9.68 Å². The van der Waals surface area contributed by atoms with Crippen LogP contribution in [0, 0.1) is 23.8 Å². The van der Waals surface area contributed by atoms with Gasteiger partial charge in [0.25, 0.3) is 6.47 Å². The second-order valence-corrected chi connectivity index (χ2v) is 12.1. The van der Waals surface area contributed by atoms with Crippen molar-refractivity contribution < 1.29 is 134 Å². The van der Waals surface area contributed by atoms with Crippen molar-refractivity contribution in [2.24, 2.45) is 0 Å². The van der Waals surface area contributed by atoms with Crippen LogP contribution < -0.4 is 118 Å². The second kappa shape index (κ2) is 25.3. The van der Waals surface area contributed by atoms with Gasteiger partial charge in [0.15, 0.2) is 0 Å². The van der Waals surface area contributed by atoms with Gasteiger partial charge < -0.3 is 26.2 Å². The van der Waals surface area contributed by atoms with Gasteiger partial charge in [0.2, 0.25) is 0 Å². The number of carbonyl (C=O) groups excluding carboxylic acids is 1. The van der Waals surface area contributed by atoms with Crippen molar-refractivity contribution in [2.45, 2.75) is 19.6 Å². The van der Waals surface area contributed by atoms with Crippen LogP contribution >= 0.6 is 23.2 Å². The molecule has 0 heterocycles. The van der Waals surface area contributed by atoms with Crippen LogP contribution in [0.1, 0.15) is 12.6 Å². The summed E-state index contributed by atoms with van der Waals surface area (Å²) in [5.74, 6) is 7.09. The Hall–Kier alpha value is 0.620. The fraction of sp³-hybridized carbons (Fsp3) is 0.261. The summed E-state index contributed by atoms with van der Waals surface area (Å²) < 4.78 is 10.2. The Morgan fingerprint density at radius 3 is 1.68 bits per heavy atom. The molecule has 0 fully saturated rings. The van der Waals surface area contributed by atoms with E-state index in [0.717, 1.165) is 18.4 Å². The van der Waals surface area contributed by atoms with Gasteiger partial charge in [-0.3, -0.25) is 4.79 Å². The molecule has 2 rings (SSSR count). The van der Waals surface area contributed by atoms with E-state index in [2.05, 4.69) is 41.9 Å². The predicted molar refractivity (Wildman–Crippen MR) is 131 cm³/mol. The number of rotatable bonds is 3. The second-order valence-electron chi connectivity index (χ2n) is 6.53. The van der Waals surface area contributed by atoms with Gasteiger partial charge in [-0.25, -0.2) is 0 Å². The predicted octanol–water partition coefficient (Wildman–Crippen LogP) is -1.93. The number of terminal acetylenes is 1. The van der Waals surface area contributed by atoms with E-state index in [1.807, 2.05) is 12.1 Å². The number of hydrogen-bond donors (Lipinski definition) is 1. The summed E-state index contributed by atoms with van der Waals surface area (Å²) in [6.07, 6.45) is 5.21. The van der Waals surface area contributed by atoms with E-state index < -0.39 is 8.07 Å². The molecule has 0 atom stereocenters. The van der Waals surface area contributed by atoms with Crippen molar-refractivity contribution in [1.29, 1.82) is 0 Å². The van der Waals surface area contributed by atoms with Crippen LogP contribution in [0.5, 0.6) is 11.5 Å². The number of benzene rings is 2. The SMILES string of the molecule is C#Cc1cc(Cl)ccc1OC.CO.COc1ccc(Cl)cc1C#C[Si](C)(C)C.O=CO[O-].[H-].[K+].[K+]. The Kier molecular flexibility index (Phi) is 31.0. The Labute approximate surface area is 300 Å². The van der Waals surface area contributed by atoms with E-state index in [4.69, 9.17) is 54.3 Å². The van der Waals surface area contributed by atoms with Gasteiger partial charge in [0.05, 0.1) is 25.3 Å². The van der Waals surface area contributed by atoms with Crippen molar-refractivity contribution in [1.82, 2.24) is 0 Å². The van der Waals surface area contributed by atoms with Crippen molar-refractivity contribution in [2.75, 3.05) is 21.3 Å². The van der Waals surface area contributed by atoms with Crippen molar-refractivity contribution in [3.8, 4) is 35.3 Å². The Morgan fingerprint density at radius 2 is 1.35 bits per heavy atom. The van der Waals surface area contributed by atoms with Crippen LogP contribution in [0.2, 0.25) is 29.7 Å². The normalized spacial score (nSPS) is 8.26. The molecule has 0 aliphatic rings. The zero-order valence-corrected chi connectivity index (χ0v) is 29.6. The summed E-state index contributed by atoms with van der Waals surface area (Å²) in [6, 6.07) is 10.7. The van der Waals surface area contributed by atoms with E-state index in [1.54, 1.807) is 38.5 Å². The topological polar surface area (TPSA) is 88.0 Å². The molecule has 0 aromatic heterocycles. The molecule has 0 aliphatic carbocycles. The monoisotopic (exact) mass is 576 g/mol. The number of ether oxygens (including phenoxy) is 2. The first-order chi connectivity index (χ1) is 15.1. The largest absolute Gasteiger partial charge is 1.00 e. The summed E-state index contributed by atoms with van der Waals surface area (Å²) in [4.78, 5) is 11.2. The molecule has 0 spiro atoms. The maximum atomic E-state index is 8.64. The van der Waals surface area contributed by atoms with Crippen molar-refractivity contribution in [3.63, 3.8) is 0 Å². The molecule has 0 radical (unpaired) electrons. The molecule has 0 saturated heterocycles. The van der Waals surface area contributed by atoms with Gasteiger partial charge in [0.1, 0.15) is 19.6 Å². The molecule has 0 bridgehead atoms. The Balaban J connectivity index is -0.000000134. The third-order valence-electron chi connectivity index (χ3n) is 3.09. The van der Waals surface area contributed by atoms with Gasteiger partial charge in [-0.05, 0) is 36.4 Å². The number of hydrogen-bond acceptors (Lipinski definition) is 6. The summed E-state index contributed by atoms with van der Waals surface area (Å²) >= 11 is 11.6. The number of halogens is 2. The molecule has 0 aliphatic heterocycles. The Bertz CT molecular complexity index is 942. The van der Waals surface area contributed by atoms with E-state index in [1.165, 1.54) is 0 Å². The standard InChI is InChI=1S/C12H15ClOSi.C9H7ClO.CH2O3.CH4O.2K.H/c1-14-12-6-5-11(13)9-10(12)7-8-15(2,3)4;1-3-7-6-8(10)4-5-9(7)11-2;2-1-4-3;1-2;;;/h5-6,9H,1-4H3;1,4-6H,2H3;1,3H;2H,1H3;;;/q;;;;2*+1;-1/p-1. The molecular formula is C23H28Cl2K2O6Si. The van der Waals surface area contributed by atoms with Crippen LogP contribution in [-0.4, -0.2) is 41.0 Å². The molecule has 1 N–H and O–H groups in total. The first-order valence-corrected chi connectivity index (χ1v) is 13.2. The molecule has 6 nitrogen and oxygen atoms in total. The minimum Gasteiger partial charge on any atom is -1.00 e. The third-order valence-corrected chi connectivity index (χ3v) is 4.44. The molecule has 0 amide bonds. The smallest absolute Gasteiger partial charge is 1.00 e. The zero-order chi connectivity index (χ0) is 25.2. The van der Waals surface area contributed by atoms with Crippen LogP contribution in [0.15, 0.2) is 36.4 Å². The maximum absolute atomic E-state index is 8.64. The third kappa shape index (κ3) is 20.8. The minimum atomic E-state index is -1.35. The van der Waals surface area contributed by atoms with Gasteiger partial charge in [0, 0.05) is 17.2 Å². The van der Waals surface area contributed by atoms with Gasteiger partial charge >= 0.3 is 103 Å². The maximum Gasteiger partial charge on any atom is 1.00 e. The Morgan fingerprint density at radius 1 is 0.971 bits per heavy atom. The zero-order valence-electron chi connectivity index (χ0n) is 21.9. The van der Waals surface area contributed by atoms with Crippen LogP contribution in [0.4, 0.5) is 0 Å². The number of aliphatic hydroxyl groups is 1. The first kappa shape index (κ1) is 41.7. The molecule has 0 unspecified atom stereocenters. The molecule has 2 aromatic rings. The number of carbonyl (C=O) groups is 1. The van der Waals surface area contributed by atoms with Gasteiger partial charge in [-0.2, -0.15) is 0 Å². The average Bonchev–Trinajstić information content (AvgIpc) is 2.79. The van der Waals surface area contributed by atoms with Crippen molar-refractivity contribution in [3.05, 3.63) is 57.6 Å². The number of methoxy groups -OCH3 is 2. The molecule has 176 valence electrons. The minimum absolute atomic E-state index is 0. The quantitative estimate of drug-likeness (QED) is 0.150. The summed E-state index contributed by atoms with van der Waals surface area (Å²) in [5.41, 5.74) is 4.84. The average molecular weight is 578 g/mol.